The molecule has 2 bridgehead atoms. The predicted molar refractivity (Wildman–Crippen MR) is 104 cm³/mol. The molecule has 5 rings (SSSR count). The van der Waals surface area contributed by atoms with Crippen molar-refractivity contribution in [3.05, 3.63) is 71.8 Å². The minimum absolute atomic E-state index is 0.122. The van der Waals surface area contributed by atoms with Crippen molar-refractivity contribution in [1.82, 2.24) is 19.7 Å². The lowest BCUT2D eigenvalue weighted by Crippen LogP contribution is -2.43. The molecule has 0 N–H and O–H groups in total. The number of aromatic nitrogens is 3. The first-order valence-electron chi connectivity index (χ1n) is 9.67. The van der Waals surface area contributed by atoms with Crippen molar-refractivity contribution < 1.29 is 9.53 Å². The molecule has 2 aliphatic rings. The van der Waals surface area contributed by atoms with E-state index in [1.54, 1.807) is 13.3 Å². The Labute approximate surface area is 163 Å². The van der Waals surface area contributed by atoms with Crippen LogP contribution in [0.5, 0.6) is 5.75 Å². The largest absolute Gasteiger partial charge is 0.497 e. The molecule has 0 spiro atoms. The van der Waals surface area contributed by atoms with Crippen LogP contribution in [-0.4, -0.2) is 38.7 Å². The number of fused-ring (bicyclic) bond motifs is 4. The summed E-state index contributed by atoms with van der Waals surface area (Å²) in [5.41, 5.74) is 4.25. The van der Waals surface area contributed by atoms with Gasteiger partial charge in [-0.1, -0.05) is 6.07 Å². The van der Waals surface area contributed by atoms with E-state index >= 15 is 0 Å². The summed E-state index contributed by atoms with van der Waals surface area (Å²) in [6.45, 7) is 0. The number of hydrogen-bond acceptors (Lipinski definition) is 4. The van der Waals surface area contributed by atoms with Crippen molar-refractivity contribution in [3.63, 3.8) is 0 Å². The van der Waals surface area contributed by atoms with Crippen LogP contribution < -0.4 is 4.74 Å². The summed E-state index contributed by atoms with van der Waals surface area (Å²) < 4.78 is 7.27. The van der Waals surface area contributed by atoms with Gasteiger partial charge in [0.1, 0.15) is 5.75 Å². The Morgan fingerprint density at radius 3 is 2.79 bits per heavy atom. The van der Waals surface area contributed by atoms with Gasteiger partial charge in [-0.25, -0.2) is 4.68 Å². The van der Waals surface area contributed by atoms with Crippen molar-refractivity contribution >= 4 is 5.91 Å². The summed E-state index contributed by atoms with van der Waals surface area (Å²) in [4.78, 5) is 19.4. The molecule has 0 saturated carbocycles. The third kappa shape index (κ3) is 2.76. The molecule has 6 nitrogen and oxygen atoms in total. The third-order valence-electron chi connectivity index (χ3n) is 5.86. The number of amides is 1. The van der Waals surface area contributed by atoms with E-state index in [4.69, 9.17) is 4.74 Å². The molecule has 6 heteroatoms. The third-order valence-corrected chi connectivity index (χ3v) is 5.86. The van der Waals surface area contributed by atoms with Gasteiger partial charge in [-0.3, -0.25) is 9.78 Å². The molecule has 0 radical (unpaired) electrons. The Balaban J connectivity index is 1.43. The topological polar surface area (TPSA) is 60.2 Å². The van der Waals surface area contributed by atoms with Gasteiger partial charge in [0.05, 0.1) is 37.2 Å². The van der Waals surface area contributed by atoms with Crippen LogP contribution in [0.25, 0.3) is 5.69 Å². The van der Waals surface area contributed by atoms with Crippen LogP contribution in [0.15, 0.2) is 54.9 Å². The highest BCUT2D eigenvalue weighted by Gasteiger charge is 2.44. The minimum atomic E-state index is 0.122. The van der Waals surface area contributed by atoms with Gasteiger partial charge in [0, 0.05) is 29.9 Å². The Kier molecular flexibility index (Phi) is 4.11. The fraction of sp³-hybridized carbons (Fsp3) is 0.318. The van der Waals surface area contributed by atoms with Gasteiger partial charge in [0.2, 0.25) is 5.91 Å². The number of methoxy groups -OCH3 is 1. The average Bonchev–Trinajstić information content (AvgIpc) is 3.30. The second-order valence-corrected chi connectivity index (χ2v) is 7.41. The number of carbonyl (C=O) groups excluding carboxylic acids is 1. The zero-order chi connectivity index (χ0) is 19.1. The minimum Gasteiger partial charge on any atom is -0.497 e. The molecule has 2 atom stereocenters. The van der Waals surface area contributed by atoms with Crippen LogP contribution in [0.1, 0.15) is 35.8 Å². The van der Waals surface area contributed by atoms with Crippen LogP contribution in [0.4, 0.5) is 0 Å². The van der Waals surface area contributed by atoms with E-state index in [9.17, 15) is 4.79 Å². The van der Waals surface area contributed by atoms with Crippen LogP contribution >= 0.6 is 0 Å². The van der Waals surface area contributed by atoms with Crippen LogP contribution in [0.2, 0.25) is 0 Å². The number of rotatable bonds is 4. The van der Waals surface area contributed by atoms with Crippen LogP contribution in [-0.2, 0) is 17.6 Å². The first-order valence-corrected chi connectivity index (χ1v) is 9.67. The first-order chi connectivity index (χ1) is 13.7. The van der Waals surface area contributed by atoms with Gasteiger partial charge < -0.3 is 9.64 Å². The summed E-state index contributed by atoms with van der Waals surface area (Å²) in [5, 5.41) is 4.65. The van der Waals surface area contributed by atoms with Crippen molar-refractivity contribution in [2.45, 2.75) is 37.8 Å². The monoisotopic (exact) mass is 374 g/mol. The average molecular weight is 374 g/mol. The number of pyridine rings is 1. The number of hydrogen-bond donors (Lipinski definition) is 0. The Morgan fingerprint density at radius 2 is 2.04 bits per heavy atom. The van der Waals surface area contributed by atoms with E-state index in [1.807, 2.05) is 53.3 Å². The maximum Gasteiger partial charge on any atom is 0.229 e. The van der Waals surface area contributed by atoms with Crippen molar-refractivity contribution in [1.29, 1.82) is 0 Å². The molecule has 0 aliphatic carbocycles. The highest BCUT2D eigenvalue weighted by molar-refractivity contribution is 5.80. The lowest BCUT2D eigenvalue weighted by molar-refractivity contribution is -0.134. The van der Waals surface area contributed by atoms with Gasteiger partial charge in [-0.05, 0) is 49.2 Å². The molecule has 2 unspecified atom stereocenters. The van der Waals surface area contributed by atoms with Crippen molar-refractivity contribution in [2.24, 2.45) is 0 Å². The van der Waals surface area contributed by atoms with Crippen molar-refractivity contribution in [3.8, 4) is 11.4 Å². The van der Waals surface area contributed by atoms with Crippen LogP contribution in [0.3, 0.4) is 0 Å². The van der Waals surface area contributed by atoms with Crippen LogP contribution in [0, 0.1) is 0 Å². The normalized spacial score (nSPS) is 20.1. The SMILES string of the molecule is COc1ccc(-n2ncc3c2CC2CCC3N2C(=O)Cc2ccccn2)cc1. The first kappa shape index (κ1) is 17.0. The van der Waals surface area contributed by atoms with Gasteiger partial charge in [-0.15, -0.1) is 0 Å². The van der Waals surface area contributed by atoms with Crippen molar-refractivity contribution in [2.75, 3.05) is 7.11 Å². The smallest absolute Gasteiger partial charge is 0.229 e. The van der Waals surface area contributed by atoms with Gasteiger partial charge in [0.15, 0.2) is 0 Å². The summed E-state index contributed by atoms with van der Waals surface area (Å²) in [5.74, 6) is 0.991. The van der Waals surface area contributed by atoms with E-state index in [-0.39, 0.29) is 18.0 Å². The molecule has 4 heterocycles. The van der Waals surface area contributed by atoms with Gasteiger partial charge >= 0.3 is 0 Å². The Hall–Kier alpha value is -3.15. The molecule has 1 saturated heterocycles. The maximum atomic E-state index is 13.0. The molecule has 142 valence electrons. The summed E-state index contributed by atoms with van der Waals surface area (Å²) in [6, 6.07) is 14.0. The zero-order valence-electron chi connectivity index (χ0n) is 15.8. The molecule has 1 fully saturated rings. The second kappa shape index (κ2) is 6.78. The summed E-state index contributed by atoms with van der Waals surface area (Å²) in [6.07, 6.45) is 6.91. The molecular weight excluding hydrogens is 352 g/mol. The Morgan fingerprint density at radius 1 is 1.18 bits per heavy atom. The molecule has 28 heavy (non-hydrogen) atoms. The second-order valence-electron chi connectivity index (χ2n) is 7.41. The highest BCUT2D eigenvalue weighted by Crippen LogP contribution is 2.44. The zero-order valence-corrected chi connectivity index (χ0v) is 15.8. The lowest BCUT2D eigenvalue weighted by atomic mass is 9.99. The summed E-state index contributed by atoms with van der Waals surface area (Å²) >= 11 is 0. The highest BCUT2D eigenvalue weighted by atomic mass is 16.5. The van der Waals surface area contributed by atoms with E-state index < -0.39 is 0 Å². The van der Waals surface area contributed by atoms with Gasteiger partial charge in [0.25, 0.3) is 0 Å². The number of nitrogens with zero attached hydrogens (tertiary/aromatic N) is 4. The predicted octanol–water partition coefficient (Wildman–Crippen LogP) is 3.11. The molecule has 2 aliphatic heterocycles. The Bertz CT molecular complexity index is 997. The number of carbonyl (C=O) groups is 1. The molecular formula is C22H22N4O2. The standard InChI is InChI=1S/C22H22N4O2/c1-28-18-8-5-16(6-9-18)26-21-13-17-7-10-20(19(21)14-24-26)25(17)22(27)12-15-4-2-3-11-23-15/h2-6,8-9,11,14,17,20H,7,10,12-13H2,1H3. The summed E-state index contributed by atoms with van der Waals surface area (Å²) in [7, 11) is 1.67. The molecule has 2 aromatic heterocycles. The van der Waals surface area contributed by atoms with E-state index in [1.165, 1.54) is 11.3 Å². The lowest BCUT2D eigenvalue weighted by Gasteiger charge is -2.35. The number of benzene rings is 1. The fourth-order valence-corrected chi connectivity index (χ4v) is 4.55. The van der Waals surface area contributed by atoms with E-state index in [0.29, 0.717) is 6.42 Å². The molecule has 1 amide bonds. The molecule has 1 aromatic carbocycles. The van der Waals surface area contributed by atoms with E-state index in [2.05, 4.69) is 15.0 Å². The van der Waals surface area contributed by atoms with E-state index in [0.717, 1.165) is 36.4 Å². The maximum absolute atomic E-state index is 13.0. The van der Waals surface area contributed by atoms with Gasteiger partial charge in [-0.2, -0.15) is 5.10 Å². The molecule has 3 aromatic rings. The number of ether oxygens (including phenoxy) is 1. The quantitative estimate of drug-likeness (QED) is 0.704. The fourth-order valence-electron chi connectivity index (χ4n) is 4.55.